The average molecular weight is 709 g/mol. The molecule has 0 bridgehead atoms. The first-order valence-electron chi connectivity index (χ1n) is 11.5. The van der Waals surface area contributed by atoms with Crippen molar-refractivity contribution in [1.82, 2.24) is 14.7 Å². The van der Waals surface area contributed by atoms with Gasteiger partial charge in [-0.1, -0.05) is 18.6 Å². The Morgan fingerprint density at radius 2 is 1.53 bits per heavy atom. The zero-order valence-corrected chi connectivity index (χ0v) is 22.3. The molecule has 0 radical (unpaired) electrons. The number of carbonyl (C=O) groups is 2. The number of hydrogen-bond donors (Lipinski definition) is 0. The van der Waals surface area contributed by atoms with Gasteiger partial charge in [-0.25, -0.2) is 4.39 Å². The van der Waals surface area contributed by atoms with Crippen LogP contribution in [0.15, 0.2) is 48.5 Å². The van der Waals surface area contributed by atoms with E-state index in [1.165, 1.54) is 12.1 Å². The van der Waals surface area contributed by atoms with Crippen LogP contribution in [-0.2, 0) is 4.79 Å². The molecule has 0 spiro atoms. The summed E-state index contributed by atoms with van der Waals surface area (Å²) < 4.78 is 13.1. The summed E-state index contributed by atoms with van der Waals surface area (Å²) in [6, 6.07) is 14.8. The molecule has 2 fully saturated rings. The van der Waals surface area contributed by atoms with Gasteiger partial charge in [0.1, 0.15) is 0 Å². The fraction of sp³-hybridized carbons (Fsp3) is 0.423. The van der Waals surface area contributed by atoms with Crippen LogP contribution < -0.4 is 4.90 Å². The summed E-state index contributed by atoms with van der Waals surface area (Å²) in [5.41, 5.74) is 2.55. The number of rotatable bonds is 6. The topological polar surface area (TPSA) is 47.1 Å². The molecule has 188 valence electrons. The summed E-state index contributed by atoms with van der Waals surface area (Å²) in [5, 5.41) is 0. The van der Waals surface area contributed by atoms with Crippen molar-refractivity contribution in [3.8, 4) is 0 Å². The van der Waals surface area contributed by atoms with Gasteiger partial charge in [-0.2, -0.15) is 17.7 Å². The van der Waals surface area contributed by atoms with E-state index in [-0.39, 0.29) is 17.6 Å². The van der Waals surface area contributed by atoms with Crippen LogP contribution in [0.2, 0.25) is 0 Å². The molecular weight excluding hydrogens is 676 g/mol. The van der Waals surface area contributed by atoms with E-state index < -0.39 is 0 Å². The number of piperidine rings is 1. The van der Waals surface area contributed by atoms with E-state index in [2.05, 4.69) is 16.8 Å². The SMILES string of the molecule is CN(C)C(=O)c1ccc(N(C)C2CN(C3CCN(C(=O)[CH-]c4ccc(F)cc4)CC3)C2)cc1.[Fm]. The van der Waals surface area contributed by atoms with E-state index in [0.29, 0.717) is 17.6 Å². The van der Waals surface area contributed by atoms with Crippen LogP contribution in [0.25, 0.3) is 0 Å². The zero-order valence-electron chi connectivity index (χ0n) is 19.9. The van der Waals surface area contributed by atoms with E-state index in [1.54, 1.807) is 37.5 Å². The molecule has 0 N–H and O–H groups in total. The molecule has 0 aliphatic carbocycles. The van der Waals surface area contributed by atoms with Gasteiger partial charge in [0.05, 0.1) is 11.9 Å². The molecule has 0 unspecified atom stereocenters. The third-order valence-electron chi connectivity index (χ3n) is 6.82. The number of amides is 2. The first-order valence-corrected chi connectivity index (χ1v) is 11.5. The first-order chi connectivity index (χ1) is 15.8. The van der Waals surface area contributed by atoms with E-state index in [1.807, 2.05) is 29.2 Å². The molecular formula is C26H32FFmN4O2-. The third kappa shape index (κ3) is 5.29. The van der Waals surface area contributed by atoms with Gasteiger partial charge in [-0.15, -0.1) is 0 Å². The monoisotopic (exact) mass is 708 g/mol. The molecule has 2 aromatic rings. The summed E-state index contributed by atoms with van der Waals surface area (Å²) in [6.07, 6.45) is 3.54. The number of nitrogens with zero attached hydrogens (tertiary/aromatic N) is 4. The molecule has 8 heteroatoms. The summed E-state index contributed by atoms with van der Waals surface area (Å²) in [4.78, 5) is 32.9. The Labute approximate surface area is 195 Å². The Balaban J connectivity index is 0.00000324. The third-order valence-corrected chi connectivity index (χ3v) is 6.82. The second-order valence-corrected chi connectivity index (χ2v) is 9.22. The number of hydrogen-bond acceptors (Lipinski definition) is 4. The van der Waals surface area contributed by atoms with E-state index in [0.717, 1.165) is 50.3 Å². The molecule has 6 nitrogen and oxygen atoms in total. The van der Waals surface area contributed by atoms with Crippen LogP contribution in [0.4, 0.5) is 10.1 Å². The van der Waals surface area contributed by atoms with Crippen LogP contribution in [0, 0.1) is 12.2 Å². The predicted molar refractivity (Wildman–Crippen MR) is 128 cm³/mol. The number of anilines is 1. The standard InChI is InChI=1S/C26H32FN4O2.Fm/c1-28(2)26(33)20-6-10-22(11-7-20)29(3)24-17-31(18-24)23-12-14-30(15-13-23)25(32)16-19-4-8-21(27)9-5-19;/h4-11,16,23-24H,12-15,17-18H2,1-3H3;/q-1;. The predicted octanol–water partition coefficient (Wildman–Crippen LogP) is 2.89. The van der Waals surface area contributed by atoms with Crippen molar-refractivity contribution in [3.05, 3.63) is 71.9 Å². The maximum Gasteiger partial charge on any atom is 0.253 e. The van der Waals surface area contributed by atoms with Crippen molar-refractivity contribution in [2.24, 2.45) is 0 Å². The normalized spacial score (nSPS) is 16.9. The number of likely N-dealkylation sites (tertiary alicyclic amines) is 2. The van der Waals surface area contributed by atoms with Crippen LogP contribution in [0.3, 0.4) is 0 Å². The largest absolute Gasteiger partial charge is 0.369 e. The quantitative estimate of drug-likeness (QED) is 0.434. The molecule has 2 amide bonds. The van der Waals surface area contributed by atoms with Crippen molar-refractivity contribution >= 4 is 17.5 Å². The van der Waals surface area contributed by atoms with Gasteiger partial charge >= 0.3 is 0 Å². The van der Waals surface area contributed by atoms with E-state index in [9.17, 15) is 14.0 Å². The van der Waals surface area contributed by atoms with Crippen molar-refractivity contribution in [2.45, 2.75) is 24.9 Å². The Bertz CT molecular complexity index is 969. The Morgan fingerprint density at radius 1 is 0.941 bits per heavy atom. The zero-order chi connectivity index (χ0) is 23.5. The summed E-state index contributed by atoms with van der Waals surface area (Å²) in [7, 11) is 5.63. The first kappa shape index (κ1) is 24.6. The smallest absolute Gasteiger partial charge is 0.253 e. The van der Waals surface area contributed by atoms with Crippen molar-refractivity contribution < 1.29 is 14.0 Å². The molecule has 2 aliphatic heterocycles. The maximum atomic E-state index is 13.1. The summed E-state index contributed by atoms with van der Waals surface area (Å²) in [6.45, 7) is 3.52. The minimum Gasteiger partial charge on any atom is -0.369 e. The van der Waals surface area contributed by atoms with Gasteiger partial charge in [0, 0.05) is 64.6 Å². The maximum absolute atomic E-state index is 13.1. The van der Waals surface area contributed by atoms with E-state index in [4.69, 9.17) is 0 Å². The molecule has 2 aromatic carbocycles. The number of carbonyl (C=O) groups excluding carboxylic acids is 2. The molecule has 2 aliphatic rings. The molecule has 34 heavy (non-hydrogen) atoms. The number of likely N-dealkylation sites (N-methyl/N-ethyl adjacent to an activating group) is 1. The van der Waals surface area contributed by atoms with Gasteiger partial charge in [0.25, 0.3) is 5.91 Å². The molecule has 4 rings (SSSR count). The second-order valence-electron chi connectivity index (χ2n) is 9.22. The fourth-order valence-electron chi connectivity index (χ4n) is 4.58. The molecule has 0 saturated carbocycles. The Morgan fingerprint density at radius 3 is 2.09 bits per heavy atom. The van der Waals surface area contributed by atoms with E-state index >= 15 is 0 Å². The Kier molecular flexibility index (Phi) is 7.41. The average Bonchev–Trinajstić information content (AvgIpc) is 2.79. The van der Waals surface area contributed by atoms with Crippen molar-refractivity contribution in [1.29, 1.82) is 0 Å². The number of halogens is 1. The van der Waals surface area contributed by atoms with Gasteiger partial charge < -0.3 is 14.7 Å². The van der Waals surface area contributed by atoms with Crippen molar-refractivity contribution in [3.63, 3.8) is 0 Å². The molecule has 2 saturated heterocycles. The van der Waals surface area contributed by atoms with Crippen LogP contribution in [-0.4, -0.2) is 85.9 Å². The van der Waals surface area contributed by atoms with Gasteiger partial charge in [0.2, 0.25) is 0 Å². The molecule has 0 atom stereocenters. The second kappa shape index (κ2) is 10.3. The summed E-state index contributed by atoms with van der Waals surface area (Å²) in [5.74, 6) is -0.285. The minimum atomic E-state index is -0.296. The van der Waals surface area contributed by atoms with Crippen LogP contribution in [0.1, 0.15) is 28.8 Å². The fourth-order valence-corrected chi connectivity index (χ4v) is 4.58. The Hall–Kier alpha value is -4.06. The van der Waals surface area contributed by atoms with Gasteiger partial charge in [0.15, 0.2) is 5.91 Å². The van der Waals surface area contributed by atoms with Gasteiger partial charge in [-0.3, -0.25) is 14.5 Å². The molecule has 2 heterocycles. The molecule has 0 aromatic heterocycles. The number of benzene rings is 2. The van der Waals surface area contributed by atoms with Crippen LogP contribution >= 0.6 is 0 Å². The summed E-state index contributed by atoms with van der Waals surface area (Å²) >= 11 is 0. The minimum absolute atomic E-state index is 0. The van der Waals surface area contributed by atoms with Crippen LogP contribution in [0.5, 0.6) is 0 Å². The van der Waals surface area contributed by atoms with Crippen molar-refractivity contribution in [2.75, 3.05) is 52.2 Å². The van der Waals surface area contributed by atoms with Gasteiger partial charge in [-0.05, 0) is 37.1 Å².